The molecule has 2 unspecified atom stereocenters. The van der Waals surface area contributed by atoms with Gasteiger partial charge in [-0.3, -0.25) is 0 Å². The summed E-state index contributed by atoms with van der Waals surface area (Å²) in [6.07, 6.45) is -1.53. The van der Waals surface area contributed by atoms with Crippen molar-refractivity contribution in [2.75, 3.05) is 14.2 Å². The van der Waals surface area contributed by atoms with Crippen LogP contribution in [0.1, 0.15) is 43.0 Å². The zero-order valence-electron chi connectivity index (χ0n) is 13.5. The highest BCUT2D eigenvalue weighted by atomic mass is 16.6. The monoisotopic (exact) mass is 311 g/mol. The third-order valence-corrected chi connectivity index (χ3v) is 3.21. The average molecular weight is 311 g/mol. The van der Waals surface area contributed by atoms with Gasteiger partial charge in [0, 0.05) is 20.6 Å². The van der Waals surface area contributed by atoms with Crippen LogP contribution in [0.4, 0.5) is 4.79 Å². The molecule has 1 aromatic rings. The Labute approximate surface area is 130 Å². The third kappa shape index (κ3) is 5.27. The minimum atomic E-state index is -0.816. The summed E-state index contributed by atoms with van der Waals surface area (Å²) in [4.78, 5) is 11.0. The summed E-state index contributed by atoms with van der Waals surface area (Å²) < 4.78 is 15.4. The molecular formula is C15H25N3O4. The Bertz CT molecular complexity index is 491. The van der Waals surface area contributed by atoms with Gasteiger partial charge in [-0.1, -0.05) is 12.1 Å². The summed E-state index contributed by atoms with van der Waals surface area (Å²) >= 11 is 0. The number of hydrogen-bond donors (Lipinski definition) is 3. The van der Waals surface area contributed by atoms with Gasteiger partial charge in [0.1, 0.15) is 18.1 Å². The number of rotatable bonds is 7. The van der Waals surface area contributed by atoms with Gasteiger partial charge < -0.3 is 31.4 Å². The maximum atomic E-state index is 11.0. The van der Waals surface area contributed by atoms with Crippen LogP contribution in [0.3, 0.4) is 0 Å². The van der Waals surface area contributed by atoms with Crippen molar-refractivity contribution in [3.63, 3.8) is 0 Å². The number of primary amides is 1. The fourth-order valence-electron chi connectivity index (χ4n) is 2.25. The molecule has 1 amide bonds. The van der Waals surface area contributed by atoms with Gasteiger partial charge in [-0.2, -0.15) is 0 Å². The van der Waals surface area contributed by atoms with Crippen LogP contribution < -0.4 is 17.2 Å². The molecule has 0 aliphatic heterocycles. The predicted octanol–water partition coefficient (Wildman–Crippen LogP) is 1.31. The number of methoxy groups -OCH3 is 2. The van der Waals surface area contributed by atoms with E-state index >= 15 is 0 Å². The summed E-state index contributed by atoms with van der Waals surface area (Å²) in [7, 11) is 3.04. The Morgan fingerprint density at radius 3 is 1.91 bits per heavy atom. The fourth-order valence-corrected chi connectivity index (χ4v) is 2.25. The number of carbonyl (C=O) groups excluding carboxylic acids is 1. The SMILES string of the molecule is COC(N)c1cc(CC(C)(C)OC(N)=O)cc(C(N)OC)c1. The molecule has 22 heavy (non-hydrogen) atoms. The van der Waals surface area contributed by atoms with Gasteiger partial charge in [-0.15, -0.1) is 0 Å². The Morgan fingerprint density at radius 1 is 1.09 bits per heavy atom. The smallest absolute Gasteiger partial charge is 0.405 e. The predicted molar refractivity (Wildman–Crippen MR) is 82.8 cm³/mol. The van der Waals surface area contributed by atoms with Gasteiger partial charge in [-0.05, 0) is 36.6 Å². The summed E-state index contributed by atoms with van der Waals surface area (Å²) in [5.74, 6) is 0. The molecule has 0 fully saturated rings. The second-order valence-corrected chi connectivity index (χ2v) is 5.68. The molecule has 1 aromatic carbocycles. The van der Waals surface area contributed by atoms with Crippen LogP contribution in [-0.2, 0) is 20.6 Å². The zero-order chi connectivity index (χ0) is 16.9. The minimum Gasteiger partial charge on any atom is -0.443 e. The molecule has 0 aliphatic carbocycles. The van der Waals surface area contributed by atoms with E-state index in [2.05, 4.69) is 0 Å². The lowest BCUT2D eigenvalue weighted by Gasteiger charge is -2.25. The van der Waals surface area contributed by atoms with Crippen LogP contribution in [0, 0.1) is 0 Å². The highest BCUT2D eigenvalue weighted by Crippen LogP contribution is 2.24. The molecule has 0 heterocycles. The van der Waals surface area contributed by atoms with Crippen molar-refractivity contribution < 1.29 is 19.0 Å². The van der Waals surface area contributed by atoms with Crippen molar-refractivity contribution in [3.8, 4) is 0 Å². The van der Waals surface area contributed by atoms with Crippen molar-refractivity contribution in [3.05, 3.63) is 34.9 Å². The minimum absolute atomic E-state index is 0.448. The van der Waals surface area contributed by atoms with Crippen LogP contribution >= 0.6 is 0 Å². The van der Waals surface area contributed by atoms with Gasteiger partial charge in [-0.25, -0.2) is 4.79 Å². The van der Waals surface area contributed by atoms with E-state index in [0.29, 0.717) is 6.42 Å². The van der Waals surface area contributed by atoms with Gasteiger partial charge in [0.15, 0.2) is 0 Å². The zero-order valence-corrected chi connectivity index (χ0v) is 13.5. The van der Waals surface area contributed by atoms with E-state index in [9.17, 15) is 4.79 Å². The number of amides is 1. The maximum Gasteiger partial charge on any atom is 0.405 e. The van der Waals surface area contributed by atoms with Crippen LogP contribution in [0.5, 0.6) is 0 Å². The Balaban J connectivity index is 3.14. The van der Waals surface area contributed by atoms with Gasteiger partial charge in [0.05, 0.1) is 0 Å². The molecule has 7 heteroatoms. The number of benzene rings is 1. The van der Waals surface area contributed by atoms with Crippen molar-refractivity contribution in [1.29, 1.82) is 0 Å². The van der Waals surface area contributed by atoms with Crippen LogP contribution in [0.25, 0.3) is 0 Å². The first kappa shape index (κ1) is 18.4. The number of nitrogens with two attached hydrogens (primary N) is 3. The van der Waals surface area contributed by atoms with E-state index in [-0.39, 0.29) is 0 Å². The van der Waals surface area contributed by atoms with Crippen molar-refractivity contribution in [1.82, 2.24) is 0 Å². The van der Waals surface area contributed by atoms with Gasteiger partial charge in [0.25, 0.3) is 0 Å². The first-order valence-electron chi connectivity index (χ1n) is 6.87. The molecule has 0 bridgehead atoms. The second-order valence-electron chi connectivity index (χ2n) is 5.68. The third-order valence-electron chi connectivity index (χ3n) is 3.21. The summed E-state index contributed by atoms with van der Waals surface area (Å²) in [6, 6.07) is 5.59. The Kier molecular flexibility index (Phi) is 6.31. The van der Waals surface area contributed by atoms with E-state index < -0.39 is 24.2 Å². The van der Waals surface area contributed by atoms with Crippen LogP contribution in [0.15, 0.2) is 18.2 Å². The molecule has 7 nitrogen and oxygen atoms in total. The maximum absolute atomic E-state index is 11.0. The normalized spacial score (nSPS) is 14.5. The lowest BCUT2D eigenvalue weighted by Crippen LogP contribution is -2.33. The first-order valence-corrected chi connectivity index (χ1v) is 6.87. The van der Waals surface area contributed by atoms with E-state index in [1.807, 2.05) is 18.2 Å². The molecule has 0 saturated carbocycles. The molecule has 6 N–H and O–H groups in total. The molecule has 0 saturated heterocycles. The van der Waals surface area contributed by atoms with Crippen LogP contribution in [0.2, 0.25) is 0 Å². The molecule has 0 radical (unpaired) electrons. The first-order chi connectivity index (χ1) is 10.2. The van der Waals surface area contributed by atoms with Gasteiger partial charge in [0.2, 0.25) is 0 Å². The van der Waals surface area contributed by atoms with Crippen molar-refractivity contribution in [2.24, 2.45) is 17.2 Å². The topological polar surface area (TPSA) is 123 Å². The molecule has 0 aromatic heterocycles. The lowest BCUT2D eigenvalue weighted by atomic mass is 9.94. The van der Waals surface area contributed by atoms with E-state index in [0.717, 1.165) is 16.7 Å². The van der Waals surface area contributed by atoms with Crippen LogP contribution in [-0.4, -0.2) is 25.9 Å². The standard InChI is InChI=1S/C15H25N3O4/c1-15(2,22-14(18)19)8-9-5-10(12(16)20-3)7-11(6-9)13(17)21-4/h5-7,12-13H,8,16-17H2,1-4H3,(H2,18,19). The number of carbonyl (C=O) groups is 1. The van der Waals surface area contributed by atoms with Crippen molar-refractivity contribution in [2.45, 2.75) is 38.3 Å². The number of ether oxygens (including phenoxy) is 3. The summed E-state index contributed by atoms with van der Waals surface area (Å²) in [5.41, 5.74) is 18.6. The number of hydrogen-bond acceptors (Lipinski definition) is 6. The molecule has 1 rings (SSSR count). The van der Waals surface area contributed by atoms with E-state index in [1.54, 1.807) is 13.8 Å². The molecule has 2 atom stereocenters. The Hall–Kier alpha value is -1.67. The molecular weight excluding hydrogens is 286 g/mol. The summed E-state index contributed by atoms with van der Waals surface area (Å²) in [6.45, 7) is 3.55. The van der Waals surface area contributed by atoms with E-state index in [1.165, 1.54) is 14.2 Å². The largest absolute Gasteiger partial charge is 0.443 e. The highest BCUT2D eigenvalue weighted by Gasteiger charge is 2.23. The molecule has 124 valence electrons. The average Bonchev–Trinajstić information content (AvgIpc) is 2.43. The fraction of sp³-hybridized carbons (Fsp3) is 0.533. The second kappa shape index (κ2) is 7.55. The van der Waals surface area contributed by atoms with Gasteiger partial charge >= 0.3 is 6.09 Å². The van der Waals surface area contributed by atoms with E-state index in [4.69, 9.17) is 31.4 Å². The summed E-state index contributed by atoms with van der Waals surface area (Å²) in [5, 5.41) is 0. The Morgan fingerprint density at radius 2 is 1.55 bits per heavy atom. The van der Waals surface area contributed by atoms with Crippen molar-refractivity contribution >= 4 is 6.09 Å². The highest BCUT2D eigenvalue weighted by molar-refractivity contribution is 5.65. The molecule has 0 spiro atoms. The quantitative estimate of drug-likeness (QED) is 0.652. The molecule has 0 aliphatic rings. The lowest BCUT2D eigenvalue weighted by molar-refractivity contribution is 0.0458.